The molecule has 0 bridgehead atoms. The Morgan fingerprint density at radius 2 is 1.90 bits per heavy atom. The van der Waals surface area contributed by atoms with Crippen molar-refractivity contribution in [1.29, 1.82) is 0 Å². The van der Waals surface area contributed by atoms with E-state index in [-0.39, 0.29) is 12.1 Å². The lowest BCUT2D eigenvalue weighted by atomic mass is 9.47. The van der Waals surface area contributed by atoms with Crippen LogP contribution in [0.5, 0.6) is 0 Å². The lowest BCUT2D eigenvalue weighted by molar-refractivity contribution is -0.151. The van der Waals surface area contributed by atoms with Gasteiger partial charge in [0.05, 0.1) is 0 Å². The Balaban J connectivity index is 1.18. The van der Waals surface area contributed by atoms with Crippen LogP contribution in [-0.4, -0.2) is 17.1 Å². The van der Waals surface area contributed by atoms with E-state index in [1.54, 1.807) is 17.8 Å². The standard InChI is InChI=1S/C35H54N2O2/c1-23(2)7-6-8-24(3)29-13-14-30-28-12-11-26-21-27(17-19-34(26,4)31(28)18-20-35(29,30)5)39-33(38)16-10-25-9-15-32(36)37-22-25/h9,11,15,22-24,27-31H,6-8,10,12-14,16-21H2,1-5H3,(H2,36,37)/t24-,27+,28+,29-,30+,31?,34+,35-/m1/s1. The molecule has 4 aliphatic rings. The van der Waals surface area contributed by atoms with Gasteiger partial charge in [0.1, 0.15) is 11.9 Å². The number of hydrogen-bond donors (Lipinski definition) is 1. The fourth-order valence-corrected chi connectivity index (χ4v) is 9.83. The second-order valence-corrected chi connectivity index (χ2v) is 14.7. The molecule has 39 heavy (non-hydrogen) atoms. The molecule has 5 rings (SSSR count). The summed E-state index contributed by atoms with van der Waals surface area (Å²) < 4.78 is 6.01. The Morgan fingerprint density at radius 3 is 2.64 bits per heavy atom. The maximum absolute atomic E-state index is 12.7. The van der Waals surface area contributed by atoms with E-state index in [9.17, 15) is 4.79 Å². The third-order valence-electron chi connectivity index (χ3n) is 12.0. The third-order valence-corrected chi connectivity index (χ3v) is 12.0. The van der Waals surface area contributed by atoms with Crippen molar-refractivity contribution in [2.45, 2.75) is 124 Å². The average Bonchev–Trinajstić information content (AvgIpc) is 3.25. The highest BCUT2D eigenvalue weighted by Crippen LogP contribution is 2.67. The largest absolute Gasteiger partial charge is 0.462 e. The Kier molecular flexibility index (Phi) is 8.51. The van der Waals surface area contributed by atoms with Gasteiger partial charge in [0.15, 0.2) is 0 Å². The zero-order valence-corrected chi connectivity index (χ0v) is 25.4. The van der Waals surface area contributed by atoms with Gasteiger partial charge in [0.25, 0.3) is 0 Å². The van der Waals surface area contributed by atoms with E-state index in [4.69, 9.17) is 10.5 Å². The first-order valence-electron chi connectivity index (χ1n) is 16.2. The van der Waals surface area contributed by atoms with Crippen LogP contribution < -0.4 is 5.73 Å². The van der Waals surface area contributed by atoms with E-state index in [2.05, 4.69) is 45.7 Å². The molecular formula is C35H54N2O2. The zero-order chi connectivity index (χ0) is 27.8. The van der Waals surface area contributed by atoms with Gasteiger partial charge in [-0.05, 0) is 109 Å². The topological polar surface area (TPSA) is 65.2 Å². The first kappa shape index (κ1) is 28.7. The van der Waals surface area contributed by atoms with Gasteiger partial charge in [-0.25, -0.2) is 4.98 Å². The highest BCUT2D eigenvalue weighted by Gasteiger charge is 2.59. The summed E-state index contributed by atoms with van der Waals surface area (Å²) in [7, 11) is 0. The van der Waals surface area contributed by atoms with Crippen molar-refractivity contribution in [3.63, 3.8) is 0 Å². The monoisotopic (exact) mass is 534 g/mol. The molecule has 4 aliphatic carbocycles. The molecule has 0 amide bonds. The Bertz CT molecular complexity index is 1030. The summed E-state index contributed by atoms with van der Waals surface area (Å²) in [6.45, 7) is 12.5. The summed E-state index contributed by atoms with van der Waals surface area (Å²) in [4.78, 5) is 16.8. The van der Waals surface area contributed by atoms with Crippen molar-refractivity contribution in [3.05, 3.63) is 35.5 Å². The van der Waals surface area contributed by atoms with Crippen molar-refractivity contribution >= 4 is 11.8 Å². The Labute approximate surface area is 238 Å². The number of fused-ring (bicyclic) bond motifs is 5. The van der Waals surface area contributed by atoms with Gasteiger partial charge >= 0.3 is 5.97 Å². The molecule has 4 heteroatoms. The number of carbonyl (C=O) groups excluding carboxylic acids is 1. The quantitative estimate of drug-likeness (QED) is 0.255. The first-order valence-corrected chi connectivity index (χ1v) is 16.2. The minimum absolute atomic E-state index is 0.0364. The smallest absolute Gasteiger partial charge is 0.306 e. The number of esters is 1. The predicted molar refractivity (Wildman–Crippen MR) is 160 cm³/mol. The van der Waals surface area contributed by atoms with Crippen molar-refractivity contribution in [2.75, 3.05) is 5.73 Å². The van der Waals surface area contributed by atoms with Crippen LogP contribution in [0.4, 0.5) is 5.82 Å². The number of ether oxygens (including phenoxy) is 1. The van der Waals surface area contributed by atoms with E-state index < -0.39 is 0 Å². The first-order chi connectivity index (χ1) is 18.6. The molecule has 8 atom stereocenters. The average molecular weight is 535 g/mol. The third kappa shape index (κ3) is 5.82. The number of anilines is 1. The summed E-state index contributed by atoms with van der Waals surface area (Å²) >= 11 is 0. The lowest BCUT2D eigenvalue weighted by Crippen LogP contribution is -2.51. The van der Waals surface area contributed by atoms with Crippen molar-refractivity contribution in [3.8, 4) is 0 Å². The molecule has 0 aromatic carbocycles. The van der Waals surface area contributed by atoms with Gasteiger partial charge in [-0.3, -0.25) is 4.79 Å². The molecule has 0 spiro atoms. The molecule has 0 aliphatic heterocycles. The zero-order valence-electron chi connectivity index (χ0n) is 25.4. The molecule has 1 heterocycles. The maximum atomic E-state index is 12.7. The van der Waals surface area contributed by atoms with Crippen LogP contribution in [0.3, 0.4) is 0 Å². The lowest BCUT2D eigenvalue weighted by Gasteiger charge is -2.58. The highest BCUT2D eigenvalue weighted by atomic mass is 16.5. The van der Waals surface area contributed by atoms with E-state index >= 15 is 0 Å². The maximum Gasteiger partial charge on any atom is 0.306 e. The number of aromatic nitrogens is 1. The number of nitrogens with zero attached hydrogens (tertiary/aromatic N) is 1. The number of hydrogen-bond acceptors (Lipinski definition) is 4. The Hall–Kier alpha value is -1.84. The summed E-state index contributed by atoms with van der Waals surface area (Å²) in [5.41, 5.74) is 9.13. The number of rotatable bonds is 9. The van der Waals surface area contributed by atoms with Gasteiger partial charge < -0.3 is 10.5 Å². The van der Waals surface area contributed by atoms with E-state index in [1.807, 2.05) is 6.07 Å². The molecule has 1 aromatic rings. The van der Waals surface area contributed by atoms with Gasteiger partial charge in [-0.15, -0.1) is 0 Å². The predicted octanol–water partition coefficient (Wildman–Crippen LogP) is 8.55. The van der Waals surface area contributed by atoms with E-state index in [1.165, 1.54) is 51.4 Å². The molecular weight excluding hydrogens is 480 g/mol. The van der Waals surface area contributed by atoms with Crippen molar-refractivity contribution in [1.82, 2.24) is 4.98 Å². The van der Waals surface area contributed by atoms with Crippen LogP contribution in [-0.2, 0) is 16.0 Å². The van der Waals surface area contributed by atoms with Crippen LogP contribution in [0.25, 0.3) is 0 Å². The number of aryl methyl sites for hydroxylation is 1. The van der Waals surface area contributed by atoms with Gasteiger partial charge in [0, 0.05) is 19.0 Å². The molecule has 2 N–H and O–H groups in total. The summed E-state index contributed by atoms with van der Waals surface area (Å²) in [5.74, 6) is 5.57. The highest BCUT2D eigenvalue weighted by molar-refractivity contribution is 5.70. The minimum Gasteiger partial charge on any atom is -0.462 e. The molecule has 3 fully saturated rings. The fourth-order valence-electron chi connectivity index (χ4n) is 9.83. The number of nitrogen functional groups attached to an aromatic ring is 1. The SMILES string of the molecule is CC(C)CCC[C@@H](C)[C@H]1CC[C@H]2[C@@H]3CC=C4C[C@@H](OC(=O)CCc5ccc(N)nc5)CC[C@]4(C)C3CC[C@]12C. The van der Waals surface area contributed by atoms with Crippen LogP contribution in [0, 0.1) is 46.3 Å². The molecule has 3 saturated carbocycles. The van der Waals surface area contributed by atoms with Crippen molar-refractivity contribution < 1.29 is 9.53 Å². The second-order valence-electron chi connectivity index (χ2n) is 14.7. The summed E-state index contributed by atoms with van der Waals surface area (Å²) in [6, 6.07) is 3.74. The molecule has 216 valence electrons. The summed E-state index contributed by atoms with van der Waals surface area (Å²) in [6.07, 6.45) is 19.7. The number of pyridine rings is 1. The molecule has 0 saturated heterocycles. The number of carbonyl (C=O) groups is 1. The second kappa shape index (κ2) is 11.6. The molecule has 4 nitrogen and oxygen atoms in total. The van der Waals surface area contributed by atoms with Crippen molar-refractivity contribution in [2.24, 2.45) is 46.3 Å². The van der Waals surface area contributed by atoms with Crippen LogP contribution in [0.2, 0.25) is 0 Å². The van der Waals surface area contributed by atoms with Crippen LogP contribution in [0.1, 0.15) is 117 Å². The Morgan fingerprint density at radius 1 is 1.08 bits per heavy atom. The fraction of sp³-hybridized carbons (Fsp3) is 0.771. The number of nitrogens with two attached hydrogens (primary N) is 1. The van der Waals surface area contributed by atoms with Crippen LogP contribution >= 0.6 is 0 Å². The summed E-state index contributed by atoms with van der Waals surface area (Å²) in [5, 5.41) is 0. The normalized spacial score (nSPS) is 36.5. The van der Waals surface area contributed by atoms with E-state index in [0.29, 0.717) is 29.5 Å². The van der Waals surface area contributed by atoms with Gasteiger partial charge in [-0.2, -0.15) is 0 Å². The van der Waals surface area contributed by atoms with Crippen LogP contribution in [0.15, 0.2) is 30.0 Å². The molecule has 1 unspecified atom stereocenters. The van der Waals surface area contributed by atoms with Gasteiger partial charge in [-0.1, -0.05) is 71.6 Å². The van der Waals surface area contributed by atoms with Gasteiger partial charge in [0.2, 0.25) is 0 Å². The molecule has 0 radical (unpaired) electrons. The minimum atomic E-state index is -0.0809. The number of allylic oxidation sites excluding steroid dienone is 1. The molecule has 1 aromatic heterocycles. The van der Waals surface area contributed by atoms with E-state index in [0.717, 1.165) is 60.3 Å².